The molecular weight excluding hydrogens is 390 g/mol. The van der Waals surface area contributed by atoms with Gasteiger partial charge in [0.05, 0.1) is 17.5 Å². The van der Waals surface area contributed by atoms with E-state index in [9.17, 15) is 9.00 Å². The van der Waals surface area contributed by atoms with Crippen LogP contribution in [-0.2, 0) is 26.3 Å². The lowest BCUT2D eigenvalue weighted by molar-refractivity contribution is -0.109. The molecule has 4 rings (SSSR count). The number of hydrogen-bond donors (Lipinski definition) is 4. The van der Waals surface area contributed by atoms with Crippen LogP contribution in [0.2, 0.25) is 0 Å². The van der Waals surface area contributed by atoms with Gasteiger partial charge >= 0.3 is 0 Å². The van der Waals surface area contributed by atoms with Crippen LogP contribution in [0.4, 0.5) is 17.2 Å². The molecule has 0 spiro atoms. The maximum atomic E-state index is 11.5. The lowest BCUT2D eigenvalue weighted by Crippen LogP contribution is -2.19. The standard InChI is InChI=1S/C16H20N4O2S.C4H9NO/c1-22-13-5-3-10(6-13)14-8-16(19-18-14)17-12-4-2-11-9-23(21)20-15(11)7-12;1-4(2)5-3-6/h2,4,7-8,10,13,20H,3,5-6,9H2,1H3,(H2,17,18,19);3-4H,1-2H3,(H,5,6). The summed E-state index contributed by atoms with van der Waals surface area (Å²) >= 11 is 0. The van der Waals surface area contributed by atoms with E-state index < -0.39 is 11.0 Å². The molecule has 3 atom stereocenters. The van der Waals surface area contributed by atoms with Crippen molar-refractivity contribution in [2.24, 2.45) is 0 Å². The molecule has 1 aliphatic heterocycles. The minimum Gasteiger partial charge on any atom is -0.381 e. The molecule has 9 heteroatoms. The second kappa shape index (κ2) is 9.89. The van der Waals surface area contributed by atoms with Crippen LogP contribution in [0.1, 0.15) is 50.3 Å². The lowest BCUT2D eigenvalue weighted by Gasteiger charge is -2.07. The normalized spacial score (nSPS) is 22.4. The molecule has 2 aliphatic rings. The zero-order chi connectivity index (χ0) is 20.8. The molecule has 1 aliphatic carbocycles. The van der Waals surface area contributed by atoms with Crippen LogP contribution in [-0.4, -0.2) is 40.1 Å². The van der Waals surface area contributed by atoms with Gasteiger partial charge in [-0.3, -0.25) is 9.89 Å². The second-order valence-electron chi connectivity index (χ2n) is 7.60. The van der Waals surface area contributed by atoms with E-state index in [2.05, 4.69) is 31.6 Å². The third-order valence-electron chi connectivity index (χ3n) is 5.05. The number of rotatable bonds is 6. The topological polar surface area (TPSA) is 108 Å². The average Bonchev–Trinajstić information content (AvgIpc) is 3.40. The molecule has 8 nitrogen and oxygen atoms in total. The van der Waals surface area contributed by atoms with Crippen molar-refractivity contribution in [3.05, 3.63) is 35.5 Å². The quantitative estimate of drug-likeness (QED) is 0.538. The van der Waals surface area contributed by atoms with Crippen LogP contribution in [0.25, 0.3) is 0 Å². The highest BCUT2D eigenvalue weighted by Crippen LogP contribution is 2.36. The highest BCUT2D eigenvalue weighted by Gasteiger charge is 2.27. The number of carbonyl (C=O) groups excluding carboxylic acids is 1. The maximum Gasteiger partial charge on any atom is 0.207 e. The van der Waals surface area contributed by atoms with Crippen molar-refractivity contribution < 1.29 is 13.7 Å². The van der Waals surface area contributed by atoms with E-state index in [-0.39, 0.29) is 6.04 Å². The average molecular weight is 420 g/mol. The summed E-state index contributed by atoms with van der Waals surface area (Å²) in [6, 6.07) is 8.33. The molecule has 0 radical (unpaired) electrons. The van der Waals surface area contributed by atoms with Gasteiger partial charge in [0, 0.05) is 36.5 Å². The maximum absolute atomic E-state index is 11.5. The predicted molar refractivity (Wildman–Crippen MR) is 116 cm³/mol. The predicted octanol–water partition coefficient (Wildman–Crippen LogP) is 3.17. The summed E-state index contributed by atoms with van der Waals surface area (Å²) in [6.45, 7) is 3.82. The molecule has 1 saturated carbocycles. The van der Waals surface area contributed by atoms with Crippen molar-refractivity contribution >= 4 is 34.6 Å². The molecule has 1 aromatic heterocycles. The number of aromatic amines is 1. The fraction of sp³-hybridized carbons (Fsp3) is 0.500. The first-order valence-corrected chi connectivity index (χ1v) is 11.1. The third-order valence-corrected chi connectivity index (χ3v) is 6.07. The van der Waals surface area contributed by atoms with Gasteiger partial charge in [-0.05, 0) is 50.8 Å². The van der Waals surface area contributed by atoms with Gasteiger partial charge in [0.1, 0.15) is 11.0 Å². The number of nitrogens with zero attached hydrogens (tertiary/aromatic N) is 1. The number of fused-ring (bicyclic) bond motifs is 1. The Morgan fingerprint density at radius 1 is 1.31 bits per heavy atom. The van der Waals surface area contributed by atoms with Crippen molar-refractivity contribution in [3.63, 3.8) is 0 Å². The molecule has 4 N–H and O–H groups in total. The Balaban J connectivity index is 0.000000353. The molecule has 0 saturated heterocycles. The number of anilines is 3. The Kier molecular flexibility index (Phi) is 7.27. The van der Waals surface area contributed by atoms with Gasteiger partial charge in [0.15, 0.2) is 5.82 Å². The van der Waals surface area contributed by atoms with Crippen LogP contribution < -0.4 is 15.4 Å². The summed E-state index contributed by atoms with van der Waals surface area (Å²) in [7, 11) is 0.792. The van der Waals surface area contributed by atoms with Gasteiger partial charge < -0.3 is 20.1 Å². The van der Waals surface area contributed by atoms with Gasteiger partial charge in [-0.2, -0.15) is 5.10 Å². The molecular formula is C20H29N5O3S. The number of ether oxygens (including phenoxy) is 1. The molecule has 158 valence electrons. The first-order chi connectivity index (χ1) is 14.0. The third kappa shape index (κ3) is 5.80. The summed E-state index contributed by atoms with van der Waals surface area (Å²) in [6.07, 6.45) is 4.35. The zero-order valence-electron chi connectivity index (χ0n) is 17.0. The molecule has 1 amide bonds. The summed E-state index contributed by atoms with van der Waals surface area (Å²) in [5.41, 5.74) is 4.12. The van der Waals surface area contributed by atoms with E-state index >= 15 is 0 Å². The number of amides is 1. The Bertz CT molecular complexity index is 854. The summed E-state index contributed by atoms with van der Waals surface area (Å²) in [5, 5.41) is 13.3. The molecule has 0 bridgehead atoms. The number of H-pyrrole nitrogens is 1. The SMILES string of the molecule is CC(C)NC=O.COC1CCC(c2cc(Nc3ccc4c(c3)NS(=O)C4)n[nH]2)C1. The first kappa shape index (κ1) is 21.3. The van der Waals surface area contributed by atoms with E-state index in [1.807, 2.05) is 32.0 Å². The van der Waals surface area contributed by atoms with E-state index in [4.69, 9.17) is 4.74 Å². The number of hydrogen-bond acceptors (Lipinski definition) is 5. The van der Waals surface area contributed by atoms with Gasteiger partial charge in [-0.25, -0.2) is 4.21 Å². The van der Waals surface area contributed by atoms with Crippen molar-refractivity contribution in [2.45, 2.75) is 56.9 Å². The number of benzene rings is 1. The van der Waals surface area contributed by atoms with Gasteiger partial charge in [-0.1, -0.05) is 6.07 Å². The smallest absolute Gasteiger partial charge is 0.207 e. The van der Waals surface area contributed by atoms with Crippen LogP contribution >= 0.6 is 0 Å². The highest BCUT2D eigenvalue weighted by atomic mass is 32.2. The Hall–Kier alpha value is -2.39. The van der Waals surface area contributed by atoms with Crippen molar-refractivity contribution in [1.82, 2.24) is 15.5 Å². The van der Waals surface area contributed by atoms with Crippen LogP contribution in [0, 0.1) is 0 Å². The first-order valence-electron chi connectivity index (χ1n) is 9.81. The minimum absolute atomic E-state index is 0.280. The summed E-state index contributed by atoms with van der Waals surface area (Å²) in [5.74, 6) is 1.87. The van der Waals surface area contributed by atoms with Crippen molar-refractivity contribution in [3.8, 4) is 0 Å². The van der Waals surface area contributed by atoms with Crippen molar-refractivity contribution in [1.29, 1.82) is 0 Å². The monoisotopic (exact) mass is 419 g/mol. The van der Waals surface area contributed by atoms with E-state index in [0.29, 0.717) is 24.2 Å². The molecule has 1 aromatic carbocycles. The van der Waals surface area contributed by atoms with Crippen LogP contribution in [0.15, 0.2) is 24.3 Å². The lowest BCUT2D eigenvalue weighted by atomic mass is 10.0. The number of methoxy groups -OCH3 is 1. The largest absolute Gasteiger partial charge is 0.381 e. The fourth-order valence-electron chi connectivity index (χ4n) is 3.51. The Labute approximate surface area is 173 Å². The van der Waals surface area contributed by atoms with E-state index in [1.165, 1.54) is 0 Å². The Morgan fingerprint density at radius 2 is 2.14 bits per heavy atom. The zero-order valence-corrected chi connectivity index (χ0v) is 17.8. The minimum atomic E-state index is -0.988. The summed E-state index contributed by atoms with van der Waals surface area (Å²) in [4.78, 5) is 9.50. The van der Waals surface area contributed by atoms with Crippen molar-refractivity contribution in [2.75, 3.05) is 17.1 Å². The van der Waals surface area contributed by atoms with E-state index in [0.717, 1.165) is 47.7 Å². The number of carbonyl (C=O) groups is 1. The molecule has 1 fully saturated rings. The van der Waals surface area contributed by atoms with Gasteiger partial charge in [-0.15, -0.1) is 0 Å². The van der Waals surface area contributed by atoms with E-state index in [1.54, 1.807) is 7.11 Å². The van der Waals surface area contributed by atoms with Crippen LogP contribution in [0.3, 0.4) is 0 Å². The molecule has 3 unspecified atom stereocenters. The summed E-state index contributed by atoms with van der Waals surface area (Å²) < 4.78 is 19.9. The van der Waals surface area contributed by atoms with Gasteiger partial charge in [0.2, 0.25) is 6.41 Å². The molecule has 2 heterocycles. The van der Waals surface area contributed by atoms with Gasteiger partial charge in [0.25, 0.3) is 0 Å². The highest BCUT2D eigenvalue weighted by molar-refractivity contribution is 7.86. The number of aromatic nitrogens is 2. The Morgan fingerprint density at radius 3 is 2.79 bits per heavy atom. The van der Waals surface area contributed by atoms with Crippen LogP contribution in [0.5, 0.6) is 0 Å². The second-order valence-corrected chi connectivity index (χ2v) is 8.79. The molecule has 29 heavy (non-hydrogen) atoms. The number of nitrogens with one attached hydrogen (secondary N) is 4. The molecule has 2 aromatic rings. The fourth-order valence-corrected chi connectivity index (χ4v) is 4.55.